The molecule has 3 heterocycles. The van der Waals surface area contributed by atoms with Gasteiger partial charge in [0.15, 0.2) is 0 Å². The molecule has 110 valence electrons. The van der Waals surface area contributed by atoms with Crippen LogP contribution in [0.15, 0.2) is 59.4 Å². The van der Waals surface area contributed by atoms with Crippen molar-refractivity contribution in [3.63, 3.8) is 0 Å². The highest BCUT2D eigenvalue weighted by Crippen LogP contribution is 2.15. The number of nitrogens with one attached hydrogen (secondary N) is 1. The normalized spacial score (nSPS) is 10.4. The number of furan rings is 1. The number of rotatable bonds is 4. The van der Waals surface area contributed by atoms with Crippen molar-refractivity contribution >= 4 is 5.91 Å². The molecule has 3 aromatic heterocycles. The smallest absolute Gasteiger partial charge is 0.253 e. The Hall–Kier alpha value is -2.95. The molecular formula is C17H15N3O2. The number of hydrogen-bond acceptors (Lipinski definition) is 4. The molecule has 0 saturated heterocycles. The average molecular weight is 293 g/mol. The summed E-state index contributed by atoms with van der Waals surface area (Å²) in [7, 11) is 0. The van der Waals surface area contributed by atoms with Gasteiger partial charge in [0.2, 0.25) is 0 Å². The Morgan fingerprint density at radius 2 is 2.09 bits per heavy atom. The Kier molecular flexibility index (Phi) is 3.96. The van der Waals surface area contributed by atoms with Crippen molar-refractivity contribution in [2.75, 3.05) is 0 Å². The molecule has 0 spiro atoms. The molecule has 0 aliphatic rings. The van der Waals surface area contributed by atoms with Gasteiger partial charge in [-0.1, -0.05) is 0 Å². The van der Waals surface area contributed by atoms with Crippen molar-refractivity contribution in [2.45, 2.75) is 13.5 Å². The topological polar surface area (TPSA) is 68.0 Å². The molecule has 3 rings (SSSR count). The van der Waals surface area contributed by atoms with E-state index in [0.717, 1.165) is 22.8 Å². The summed E-state index contributed by atoms with van der Waals surface area (Å²) in [5.41, 5.74) is 2.21. The molecule has 3 aromatic rings. The van der Waals surface area contributed by atoms with Crippen LogP contribution in [-0.4, -0.2) is 15.9 Å². The van der Waals surface area contributed by atoms with Crippen LogP contribution in [0, 0.1) is 6.92 Å². The summed E-state index contributed by atoms with van der Waals surface area (Å²) in [4.78, 5) is 20.4. The second-order valence-corrected chi connectivity index (χ2v) is 4.87. The highest BCUT2D eigenvalue weighted by Gasteiger charge is 2.08. The fourth-order valence-electron chi connectivity index (χ4n) is 2.06. The average Bonchev–Trinajstić information content (AvgIpc) is 2.99. The van der Waals surface area contributed by atoms with Gasteiger partial charge in [-0.25, -0.2) is 0 Å². The first-order valence-corrected chi connectivity index (χ1v) is 6.92. The van der Waals surface area contributed by atoms with E-state index in [9.17, 15) is 4.79 Å². The van der Waals surface area contributed by atoms with Crippen LogP contribution in [0.5, 0.6) is 0 Å². The third-order valence-corrected chi connectivity index (χ3v) is 3.20. The lowest BCUT2D eigenvalue weighted by atomic mass is 10.1. The highest BCUT2D eigenvalue weighted by molar-refractivity contribution is 5.94. The van der Waals surface area contributed by atoms with Crippen LogP contribution in [-0.2, 0) is 6.54 Å². The van der Waals surface area contributed by atoms with Crippen molar-refractivity contribution in [3.05, 3.63) is 72.1 Å². The van der Waals surface area contributed by atoms with Crippen LogP contribution in [0.25, 0.3) is 11.3 Å². The van der Waals surface area contributed by atoms with E-state index in [1.807, 2.05) is 37.3 Å². The summed E-state index contributed by atoms with van der Waals surface area (Å²) >= 11 is 0. The number of pyridine rings is 2. The number of nitrogens with zero attached hydrogens (tertiary/aromatic N) is 2. The molecule has 5 nitrogen and oxygen atoms in total. The first-order chi connectivity index (χ1) is 10.7. The molecule has 0 radical (unpaired) electrons. The summed E-state index contributed by atoms with van der Waals surface area (Å²) < 4.78 is 5.41. The van der Waals surface area contributed by atoms with Gasteiger partial charge in [-0.3, -0.25) is 14.8 Å². The minimum absolute atomic E-state index is 0.181. The molecule has 0 aliphatic carbocycles. The zero-order chi connectivity index (χ0) is 15.4. The van der Waals surface area contributed by atoms with Gasteiger partial charge in [-0.05, 0) is 43.3 Å². The molecule has 0 fully saturated rings. The predicted octanol–water partition coefficient (Wildman–Crippen LogP) is 2.98. The van der Waals surface area contributed by atoms with Gasteiger partial charge in [-0.15, -0.1) is 0 Å². The summed E-state index contributed by atoms with van der Waals surface area (Å²) in [6.45, 7) is 2.23. The molecule has 0 unspecified atom stereocenters. The van der Waals surface area contributed by atoms with Crippen molar-refractivity contribution in [2.24, 2.45) is 0 Å². The second kappa shape index (κ2) is 6.22. The predicted molar refractivity (Wildman–Crippen MR) is 82.1 cm³/mol. The van der Waals surface area contributed by atoms with Crippen LogP contribution in [0.1, 0.15) is 21.9 Å². The van der Waals surface area contributed by atoms with Gasteiger partial charge < -0.3 is 9.73 Å². The quantitative estimate of drug-likeness (QED) is 0.803. The van der Waals surface area contributed by atoms with Crippen molar-refractivity contribution < 1.29 is 9.21 Å². The van der Waals surface area contributed by atoms with Gasteiger partial charge in [0.05, 0.1) is 17.8 Å². The molecular weight excluding hydrogens is 278 g/mol. The molecule has 0 saturated carbocycles. The Morgan fingerprint density at radius 3 is 2.73 bits per heavy atom. The second-order valence-electron chi connectivity index (χ2n) is 4.87. The summed E-state index contributed by atoms with van der Waals surface area (Å²) in [5.74, 6) is 1.37. The molecule has 1 amide bonds. The van der Waals surface area contributed by atoms with Gasteiger partial charge in [0.25, 0.3) is 5.91 Å². The number of amides is 1. The first-order valence-electron chi connectivity index (χ1n) is 6.92. The highest BCUT2D eigenvalue weighted by atomic mass is 16.3. The van der Waals surface area contributed by atoms with E-state index in [2.05, 4.69) is 15.3 Å². The van der Waals surface area contributed by atoms with Crippen LogP contribution in [0.3, 0.4) is 0 Å². The van der Waals surface area contributed by atoms with E-state index in [4.69, 9.17) is 4.42 Å². The zero-order valence-electron chi connectivity index (χ0n) is 12.1. The number of carbonyl (C=O) groups is 1. The maximum Gasteiger partial charge on any atom is 0.253 e. The molecule has 1 N–H and O–H groups in total. The molecule has 5 heteroatoms. The fourth-order valence-corrected chi connectivity index (χ4v) is 2.06. The molecule has 0 bridgehead atoms. The molecule has 22 heavy (non-hydrogen) atoms. The Morgan fingerprint density at radius 1 is 1.18 bits per heavy atom. The maximum absolute atomic E-state index is 12.1. The lowest BCUT2D eigenvalue weighted by molar-refractivity contribution is 0.0947. The number of carbonyl (C=O) groups excluding carboxylic acids is 1. The maximum atomic E-state index is 12.1. The van der Waals surface area contributed by atoms with Gasteiger partial charge in [0.1, 0.15) is 11.5 Å². The van der Waals surface area contributed by atoms with Crippen molar-refractivity contribution in [1.29, 1.82) is 0 Å². The monoisotopic (exact) mass is 293 g/mol. The third kappa shape index (κ3) is 3.20. The van der Waals surface area contributed by atoms with Crippen molar-refractivity contribution in [1.82, 2.24) is 15.3 Å². The number of aryl methyl sites for hydroxylation is 1. The van der Waals surface area contributed by atoms with Gasteiger partial charge in [-0.2, -0.15) is 0 Å². The lowest BCUT2D eigenvalue weighted by Crippen LogP contribution is -2.22. The van der Waals surface area contributed by atoms with E-state index in [1.54, 1.807) is 24.7 Å². The summed E-state index contributed by atoms with van der Waals surface area (Å²) in [6, 6.07) is 11.0. The molecule has 0 atom stereocenters. The van der Waals surface area contributed by atoms with E-state index in [-0.39, 0.29) is 5.91 Å². The largest absolute Gasteiger partial charge is 0.465 e. The first kappa shape index (κ1) is 14.0. The summed E-state index contributed by atoms with van der Waals surface area (Å²) in [6.07, 6.45) is 5.01. The van der Waals surface area contributed by atoms with Gasteiger partial charge in [0, 0.05) is 24.2 Å². The SMILES string of the molecule is Cc1ccc(CNC(=O)c2ccc(-c3cccnc3)nc2)o1. The van der Waals surface area contributed by atoms with E-state index in [0.29, 0.717) is 12.1 Å². The Bertz CT molecular complexity index is 764. The Labute approximate surface area is 128 Å². The van der Waals surface area contributed by atoms with E-state index < -0.39 is 0 Å². The summed E-state index contributed by atoms with van der Waals surface area (Å²) in [5, 5.41) is 2.80. The standard InChI is InChI=1S/C17H15N3O2/c1-12-4-6-15(22-12)11-20-17(21)14-5-7-16(19-10-14)13-3-2-8-18-9-13/h2-10H,11H2,1H3,(H,20,21). The van der Waals surface area contributed by atoms with Crippen LogP contribution in [0.4, 0.5) is 0 Å². The van der Waals surface area contributed by atoms with Crippen LogP contribution in [0.2, 0.25) is 0 Å². The zero-order valence-corrected chi connectivity index (χ0v) is 12.1. The van der Waals surface area contributed by atoms with E-state index in [1.165, 1.54) is 0 Å². The minimum atomic E-state index is -0.181. The minimum Gasteiger partial charge on any atom is -0.465 e. The molecule has 0 aliphatic heterocycles. The number of aromatic nitrogens is 2. The van der Waals surface area contributed by atoms with Crippen LogP contribution >= 0.6 is 0 Å². The van der Waals surface area contributed by atoms with Crippen LogP contribution < -0.4 is 5.32 Å². The Balaban J connectivity index is 1.66. The molecule has 0 aromatic carbocycles. The van der Waals surface area contributed by atoms with E-state index >= 15 is 0 Å². The fraction of sp³-hybridized carbons (Fsp3) is 0.118. The van der Waals surface area contributed by atoms with Crippen molar-refractivity contribution in [3.8, 4) is 11.3 Å². The van der Waals surface area contributed by atoms with Gasteiger partial charge >= 0.3 is 0 Å². The third-order valence-electron chi connectivity index (χ3n) is 3.20. The number of hydrogen-bond donors (Lipinski definition) is 1. The lowest BCUT2D eigenvalue weighted by Gasteiger charge is -2.04.